The molecule has 3 aliphatic carbocycles. The summed E-state index contributed by atoms with van der Waals surface area (Å²) < 4.78 is 0. The van der Waals surface area contributed by atoms with Gasteiger partial charge in [-0.25, -0.2) is 0 Å². The quantitative estimate of drug-likeness (QED) is 0.329. The summed E-state index contributed by atoms with van der Waals surface area (Å²) in [6, 6.07) is 21.8. The Hall–Kier alpha value is -2.42. The zero-order valence-corrected chi connectivity index (χ0v) is 15.1. The molecule has 1 aromatic heterocycles. The van der Waals surface area contributed by atoms with E-state index < -0.39 is 0 Å². The third-order valence-electron chi connectivity index (χ3n) is 5.75. The molecule has 0 unspecified atom stereocenters. The van der Waals surface area contributed by atoms with Gasteiger partial charge in [0.05, 0.1) is 0 Å². The summed E-state index contributed by atoms with van der Waals surface area (Å²) in [5.74, 6) is 0.435. The maximum atomic E-state index is 6.34. The van der Waals surface area contributed by atoms with Crippen LogP contribution in [0.3, 0.4) is 0 Å². The molecule has 0 radical (unpaired) electrons. The van der Waals surface area contributed by atoms with Crippen molar-refractivity contribution in [2.45, 2.75) is 11.8 Å². The van der Waals surface area contributed by atoms with Crippen LogP contribution in [-0.2, 0) is 0 Å². The van der Waals surface area contributed by atoms with Crippen molar-refractivity contribution in [2.75, 3.05) is 0 Å². The summed E-state index contributed by atoms with van der Waals surface area (Å²) in [6.45, 7) is 0. The molecule has 0 saturated heterocycles. The van der Waals surface area contributed by atoms with Gasteiger partial charge in [-0.1, -0.05) is 71.7 Å². The number of hydrogen-bond donors (Lipinski definition) is 0. The molecule has 0 aliphatic heterocycles. The molecule has 3 aliphatic rings. The average molecular weight is 375 g/mol. The highest BCUT2D eigenvalue weighted by Crippen LogP contribution is 2.56. The molecule has 124 valence electrons. The number of benzene rings is 3. The smallest absolute Gasteiger partial charge is 0.136 e. The van der Waals surface area contributed by atoms with Crippen LogP contribution in [0.25, 0.3) is 10.8 Å². The minimum atomic E-state index is 0.217. The Balaban J connectivity index is 1.77. The fourth-order valence-corrected chi connectivity index (χ4v) is 5.14. The first-order valence-electron chi connectivity index (χ1n) is 8.57. The largest absolute Gasteiger partial charge is 0.159 e. The molecule has 0 saturated carbocycles. The Bertz CT molecular complexity index is 1090. The average Bonchev–Trinajstić information content (AvgIpc) is 2.69. The number of rotatable bonds is 0. The van der Waals surface area contributed by atoms with Gasteiger partial charge >= 0.3 is 0 Å². The molecular weight excluding hydrogens is 363 g/mol. The van der Waals surface area contributed by atoms with Gasteiger partial charge in [0.2, 0.25) is 0 Å². The van der Waals surface area contributed by atoms with Crippen molar-refractivity contribution in [3.8, 4) is 0 Å². The topological polar surface area (TPSA) is 25.8 Å². The highest BCUT2D eigenvalue weighted by atomic mass is 35.5. The summed E-state index contributed by atoms with van der Waals surface area (Å²) in [4.78, 5) is 0. The number of aromatic nitrogens is 2. The molecule has 1 heterocycles. The minimum absolute atomic E-state index is 0.217. The van der Waals surface area contributed by atoms with Crippen LogP contribution in [0.4, 0.5) is 0 Å². The van der Waals surface area contributed by atoms with Crippen LogP contribution in [0.15, 0.2) is 60.7 Å². The number of halogens is 2. The number of hydrogen-bond acceptors (Lipinski definition) is 2. The molecule has 2 bridgehead atoms. The fraction of sp³-hybridized carbons (Fsp3) is 0.0909. The van der Waals surface area contributed by atoms with Gasteiger partial charge in [0, 0.05) is 22.6 Å². The van der Waals surface area contributed by atoms with Gasteiger partial charge < -0.3 is 0 Å². The van der Waals surface area contributed by atoms with Crippen molar-refractivity contribution < 1.29 is 0 Å². The van der Waals surface area contributed by atoms with Crippen LogP contribution in [0.1, 0.15) is 45.2 Å². The maximum absolute atomic E-state index is 6.34. The molecule has 0 spiro atoms. The normalized spacial score (nSPS) is 19.2. The highest BCUT2D eigenvalue weighted by Gasteiger charge is 2.41. The van der Waals surface area contributed by atoms with Crippen LogP contribution in [0, 0.1) is 0 Å². The van der Waals surface area contributed by atoms with Gasteiger partial charge in [0.25, 0.3) is 0 Å². The zero-order valence-electron chi connectivity index (χ0n) is 13.6. The Labute approximate surface area is 160 Å². The van der Waals surface area contributed by atoms with E-state index in [0.29, 0.717) is 10.3 Å². The predicted molar refractivity (Wildman–Crippen MR) is 104 cm³/mol. The molecule has 3 aromatic carbocycles. The third kappa shape index (κ3) is 1.74. The molecule has 4 heteroatoms. The minimum Gasteiger partial charge on any atom is -0.136 e. The predicted octanol–water partition coefficient (Wildman–Crippen LogP) is 5.92. The van der Waals surface area contributed by atoms with E-state index in [1.54, 1.807) is 0 Å². The molecule has 0 atom stereocenters. The molecular formula is C22H12Cl2N2. The van der Waals surface area contributed by atoms with Crippen LogP contribution in [0.5, 0.6) is 0 Å². The lowest BCUT2D eigenvalue weighted by molar-refractivity contribution is 0.756. The second kappa shape index (κ2) is 5.06. The Morgan fingerprint density at radius 3 is 1.23 bits per heavy atom. The molecule has 0 amide bonds. The van der Waals surface area contributed by atoms with E-state index in [1.807, 2.05) is 0 Å². The lowest BCUT2D eigenvalue weighted by atomic mass is 9.61. The van der Waals surface area contributed by atoms with Crippen molar-refractivity contribution >= 4 is 34.0 Å². The molecule has 7 rings (SSSR count). The molecule has 0 N–H and O–H groups in total. The summed E-state index contributed by atoms with van der Waals surface area (Å²) in [5, 5.41) is 10.5. The molecule has 4 aromatic rings. The summed E-state index contributed by atoms with van der Waals surface area (Å²) in [7, 11) is 0. The van der Waals surface area contributed by atoms with Crippen molar-refractivity contribution in [1.82, 2.24) is 10.2 Å². The van der Waals surface area contributed by atoms with E-state index in [9.17, 15) is 0 Å². The summed E-state index contributed by atoms with van der Waals surface area (Å²) in [5.41, 5.74) is 8.12. The van der Waals surface area contributed by atoms with Crippen LogP contribution in [-0.4, -0.2) is 10.2 Å². The van der Waals surface area contributed by atoms with Gasteiger partial charge in [-0.05, 0) is 45.5 Å². The number of fused-ring (bicyclic) bond motifs is 1. The van der Waals surface area contributed by atoms with E-state index in [1.165, 1.54) is 33.4 Å². The monoisotopic (exact) mass is 374 g/mol. The Kier molecular flexibility index (Phi) is 2.87. The highest BCUT2D eigenvalue weighted by molar-refractivity contribution is 6.38. The van der Waals surface area contributed by atoms with Crippen LogP contribution >= 0.6 is 23.2 Å². The standard InChI is InChI=1S/C22H12Cl2N2/c23-21-17-9-15-16(10-18(17)22(24)26-25-21)20-12-6-2-1-5-11(12)19(15)13-7-3-4-8-14(13)20/h1-10,19-20H. The van der Waals surface area contributed by atoms with E-state index in [-0.39, 0.29) is 11.8 Å². The van der Waals surface area contributed by atoms with Crippen LogP contribution < -0.4 is 0 Å². The first-order valence-corrected chi connectivity index (χ1v) is 9.32. The first-order chi connectivity index (χ1) is 12.7. The van der Waals surface area contributed by atoms with Gasteiger partial charge in [0.15, 0.2) is 10.3 Å². The SMILES string of the molecule is Clc1nnc(Cl)c2cc3c(cc12)C1c2ccccc2C3c2ccccc21. The van der Waals surface area contributed by atoms with Crippen molar-refractivity contribution in [1.29, 1.82) is 0 Å². The van der Waals surface area contributed by atoms with E-state index in [4.69, 9.17) is 23.2 Å². The summed E-state index contributed by atoms with van der Waals surface area (Å²) in [6.07, 6.45) is 0. The van der Waals surface area contributed by atoms with E-state index in [0.717, 1.165) is 10.8 Å². The van der Waals surface area contributed by atoms with Crippen molar-refractivity contribution in [3.63, 3.8) is 0 Å². The maximum Gasteiger partial charge on any atom is 0.159 e. The molecule has 0 fully saturated rings. The van der Waals surface area contributed by atoms with E-state index >= 15 is 0 Å². The Morgan fingerprint density at radius 1 is 0.538 bits per heavy atom. The van der Waals surface area contributed by atoms with Gasteiger partial charge in [-0.2, -0.15) is 0 Å². The van der Waals surface area contributed by atoms with Gasteiger partial charge in [-0.15, -0.1) is 10.2 Å². The van der Waals surface area contributed by atoms with E-state index in [2.05, 4.69) is 70.9 Å². The van der Waals surface area contributed by atoms with Gasteiger partial charge in [-0.3, -0.25) is 0 Å². The number of nitrogens with zero attached hydrogens (tertiary/aromatic N) is 2. The zero-order chi connectivity index (χ0) is 17.4. The summed E-state index contributed by atoms with van der Waals surface area (Å²) >= 11 is 12.7. The second-order valence-corrected chi connectivity index (χ2v) is 7.65. The first kappa shape index (κ1) is 14.7. The lowest BCUT2D eigenvalue weighted by Crippen LogP contribution is -2.27. The Morgan fingerprint density at radius 2 is 0.885 bits per heavy atom. The third-order valence-corrected chi connectivity index (χ3v) is 6.31. The molecule has 26 heavy (non-hydrogen) atoms. The van der Waals surface area contributed by atoms with Gasteiger partial charge in [0.1, 0.15) is 0 Å². The molecule has 2 nitrogen and oxygen atoms in total. The second-order valence-electron chi connectivity index (χ2n) is 6.93. The fourth-order valence-electron chi connectivity index (χ4n) is 4.75. The lowest BCUT2D eigenvalue weighted by Gasteiger charge is -2.42. The van der Waals surface area contributed by atoms with Crippen LogP contribution in [0.2, 0.25) is 10.3 Å². The van der Waals surface area contributed by atoms with Crippen molar-refractivity contribution in [3.05, 3.63) is 104 Å². The van der Waals surface area contributed by atoms with Crippen molar-refractivity contribution in [2.24, 2.45) is 0 Å².